The Labute approximate surface area is 163 Å². The molecule has 1 aliphatic heterocycles. The van der Waals surface area contributed by atoms with Gasteiger partial charge in [0.1, 0.15) is 30.5 Å². The fourth-order valence-electron chi connectivity index (χ4n) is 3.40. The van der Waals surface area contributed by atoms with Gasteiger partial charge >= 0.3 is 0 Å². The van der Waals surface area contributed by atoms with E-state index >= 15 is 0 Å². The molecule has 0 aliphatic carbocycles. The van der Waals surface area contributed by atoms with E-state index in [-0.39, 0.29) is 0 Å². The van der Waals surface area contributed by atoms with Crippen LogP contribution >= 0.6 is 11.8 Å². The first kappa shape index (κ1) is 20.3. The molecule has 5 atom stereocenters. The molecule has 27 heavy (non-hydrogen) atoms. The van der Waals surface area contributed by atoms with E-state index in [1.165, 1.54) is 10.5 Å². The van der Waals surface area contributed by atoms with Crippen molar-refractivity contribution < 1.29 is 25.2 Å². The normalized spacial score (nSPS) is 28.3. The summed E-state index contributed by atoms with van der Waals surface area (Å²) in [7, 11) is 0. The molecule has 1 fully saturated rings. The van der Waals surface area contributed by atoms with Gasteiger partial charge in [-0.1, -0.05) is 30.3 Å². The molecular weight excluding hydrogens is 364 g/mol. The fourth-order valence-corrected chi connectivity index (χ4v) is 3.81. The molecule has 1 aliphatic rings. The number of thioether (sulfide) groups is 1. The highest BCUT2D eigenvalue weighted by atomic mass is 32.2. The SMILES string of the molecule is CSc1ccc(Cc2cc([C@@H]3O[C@H](CO)[C@@H](O)C(O)[C@H]3O)ccc2C)cc1. The van der Waals surface area contributed by atoms with Crippen molar-refractivity contribution in [2.24, 2.45) is 0 Å². The molecule has 2 aromatic carbocycles. The van der Waals surface area contributed by atoms with Gasteiger partial charge in [-0.15, -0.1) is 11.8 Å². The molecule has 0 aromatic heterocycles. The van der Waals surface area contributed by atoms with Gasteiger partial charge in [-0.05, 0) is 54.0 Å². The van der Waals surface area contributed by atoms with E-state index in [9.17, 15) is 20.4 Å². The van der Waals surface area contributed by atoms with Crippen LogP contribution in [-0.2, 0) is 11.2 Å². The average Bonchev–Trinajstić information content (AvgIpc) is 2.69. The lowest BCUT2D eigenvalue weighted by Gasteiger charge is -2.40. The minimum atomic E-state index is -1.37. The van der Waals surface area contributed by atoms with Crippen LogP contribution in [0.5, 0.6) is 0 Å². The fraction of sp³-hybridized carbons (Fsp3) is 0.429. The van der Waals surface area contributed by atoms with Crippen molar-refractivity contribution in [2.75, 3.05) is 12.9 Å². The van der Waals surface area contributed by atoms with Crippen LogP contribution in [0.3, 0.4) is 0 Å². The number of hydrogen-bond donors (Lipinski definition) is 4. The Hall–Kier alpha value is -1.41. The lowest BCUT2D eigenvalue weighted by Crippen LogP contribution is -2.55. The van der Waals surface area contributed by atoms with Gasteiger partial charge in [0.05, 0.1) is 6.61 Å². The Morgan fingerprint density at radius 1 is 0.963 bits per heavy atom. The van der Waals surface area contributed by atoms with E-state index < -0.39 is 37.1 Å². The summed E-state index contributed by atoms with van der Waals surface area (Å²) in [5, 5.41) is 39.8. The second-order valence-electron chi connectivity index (χ2n) is 6.96. The summed E-state index contributed by atoms with van der Waals surface area (Å²) in [5.41, 5.74) is 4.12. The van der Waals surface area contributed by atoms with E-state index in [1.54, 1.807) is 11.8 Å². The van der Waals surface area contributed by atoms with Gasteiger partial charge in [-0.3, -0.25) is 0 Å². The standard InChI is InChI=1S/C21H26O5S/c1-12-3-6-14(21-20(25)19(24)18(23)17(11-22)26-21)10-15(12)9-13-4-7-16(27-2)8-5-13/h3-8,10,17-25H,9,11H2,1-2H3/t17-,18-,19?,20-,21+/m1/s1. The number of rotatable bonds is 5. The van der Waals surface area contributed by atoms with Gasteiger partial charge < -0.3 is 25.2 Å². The summed E-state index contributed by atoms with van der Waals surface area (Å²) in [5.74, 6) is 0. The molecule has 0 amide bonds. The molecule has 1 unspecified atom stereocenters. The van der Waals surface area contributed by atoms with Crippen LogP contribution in [0.15, 0.2) is 47.4 Å². The van der Waals surface area contributed by atoms with Crippen LogP contribution in [0.25, 0.3) is 0 Å². The average molecular weight is 391 g/mol. The summed E-state index contributed by atoms with van der Waals surface area (Å²) < 4.78 is 5.68. The first-order valence-corrected chi connectivity index (χ1v) is 10.2. The van der Waals surface area contributed by atoms with Gasteiger partial charge in [0, 0.05) is 4.90 Å². The maximum absolute atomic E-state index is 10.4. The molecule has 1 saturated heterocycles. The zero-order valence-electron chi connectivity index (χ0n) is 15.4. The number of aryl methyl sites for hydroxylation is 1. The number of ether oxygens (including phenoxy) is 1. The third-order valence-electron chi connectivity index (χ3n) is 5.15. The third kappa shape index (κ3) is 4.37. The molecular formula is C21H26O5S. The minimum absolute atomic E-state index is 0.429. The summed E-state index contributed by atoms with van der Waals surface area (Å²) >= 11 is 1.70. The van der Waals surface area contributed by atoms with Gasteiger partial charge in [-0.25, -0.2) is 0 Å². The van der Waals surface area contributed by atoms with Crippen LogP contribution in [0.4, 0.5) is 0 Å². The molecule has 4 N–H and O–H groups in total. The number of benzene rings is 2. The Morgan fingerprint density at radius 3 is 2.30 bits per heavy atom. The van der Waals surface area contributed by atoms with Crippen molar-refractivity contribution in [1.29, 1.82) is 0 Å². The lowest BCUT2D eigenvalue weighted by atomic mass is 9.89. The minimum Gasteiger partial charge on any atom is -0.394 e. The molecule has 0 saturated carbocycles. The van der Waals surface area contributed by atoms with E-state index in [4.69, 9.17) is 4.74 Å². The Kier molecular flexibility index (Phi) is 6.57. The highest BCUT2D eigenvalue weighted by Crippen LogP contribution is 2.33. The molecule has 146 valence electrons. The van der Waals surface area contributed by atoms with Crippen molar-refractivity contribution in [3.8, 4) is 0 Å². The number of aliphatic hydroxyl groups is 4. The van der Waals surface area contributed by atoms with Crippen LogP contribution in [-0.4, -0.2) is 57.7 Å². The smallest absolute Gasteiger partial charge is 0.113 e. The molecule has 2 aromatic rings. The van der Waals surface area contributed by atoms with Crippen molar-refractivity contribution in [3.63, 3.8) is 0 Å². The Bertz CT molecular complexity index is 762. The van der Waals surface area contributed by atoms with Crippen molar-refractivity contribution >= 4 is 11.8 Å². The summed E-state index contributed by atoms with van der Waals surface area (Å²) in [4.78, 5) is 1.21. The van der Waals surface area contributed by atoms with Crippen molar-refractivity contribution in [2.45, 2.75) is 48.8 Å². The highest BCUT2D eigenvalue weighted by Gasteiger charge is 2.43. The maximum Gasteiger partial charge on any atom is 0.113 e. The second-order valence-corrected chi connectivity index (χ2v) is 7.84. The number of hydrogen-bond acceptors (Lipinski definition) is 6. The summed E-state index contributed by atoms with van der Waals surface area (Å²) in [6, 6.07) is 14.2. The van der Waals surface area contributed by atoms with Gasteiger partial charge in [-0.2, -0.15) is 0 Å². The molecule has 1 heterocycles. The third-order valence-corrected chi connectivity index (χ3v) is 5.89. The number of aliphatic hydroxyl groups excluding tert-OH is 4. The Balaban J connectivity index is 1.85. The largest absolute Gasteiger partial charge is 0.394 e. The lowest BCUT2D eigenvalue weighted by molar-refractivity contribution is -0.231. The first-order valence-electron chi connectivity index (χ1n) is 8.97. The van der Waals surface area contributed by atoms with Gasteiger partial charge in [0.25, 0.3) is 0 Å². The molecule has 0 spiro atoms. The highest BCUT2D eigenvalue weighted by molar-refractivity contribution is 7.98. The van der Waals surface area contributed by atoms with Crippen molar-refractivity contribution in [1.82, 2.24) is 0 Å². The Morgan fingerprint density at radius 2 is 1.67 bits per heavy atom. The topological polar surface area (TPSA) is 90.2 Å². The zero-order chi connectivity index (χ0) is 19.6. The van der Waals surface area contributed by atoms with E-state index in [0.717, 1.165) is 17.5 Å². The first-order chi connectivity index (χ1) is 12.9. The molecule has 3 rings (SSSR count). The quantitative estimate of drug-likeness (QED) is 0.583. The van der Waals surface area contributed by atoms with Crippen molar-refractivity contribution in [3.05, 3.63) is 64.7 Å². The van der Waals surface area contributed by atoms with E-state index in [0.29, 0.717) is 5.56 Å². The van der Waals surface area contributed by atoms with Gasteiger partial charge in [0.2, 0.25) is 0 Å². The van der Waals surface area contributed by atoms with Crippen LogP contribution < -0.4 is 0 Å². The predicted octanol–water partition coefficient (Wildman–Crippen LogP) is 1.82. The molecule has 5 nitrogen and oxygen atoms in total. The molecule has 0 bridgehead atoms. The second kappa shape index (κ2) is 8.73. The van der Waals surface area contributed by atoms with Crippen LogP contribution in [0.1, 0.15) is 28.4 Å². The predicted molar refractivity (Wildman–Crippen MR) is 105 cm³/mol. The maximum atomic E-state index is 10.4. The summed E-state index contributed by atoms with van der Waals surface area (Å²) in [6.07, 6.45) is -2.91. The zero-order valence-corrected chi connectivity index (χ0v) is 16.3. The molecule has 6 heteroatoms. The molecule has 0 radical (unpaired) electrons. The summed E-state index contributed by atoms with van der Waals surface area (Å²) in [6.45, 7) is 1.60. The van der Waals surface area contributed by atoms with Gasteiger partial charge in [0.15, 0.2) is 0 Å². The van der Waals surface area contributed by atoms with E-state index in [1.807, 2.05) is 31.4 Å². The monoisotopic (exact) mass is 390 g/mol. The van der Waals surface area contributed by atoms with E-state index in [2.05, 4.69) is 24.3 Å². The van der Waals surface area contributed by atoms with Crippen LogP contribution in [0.2, 0.25) is 0 Å². The van der Waals surface area contributed by atoms with Crippen LogP contribution in [0, 0.1) is 6.92 Å².